The lowest BCUT2D eigenvalue weighted by molar-refractivity contribution is -0.147. The van der Waals surface area contributed by atoms with Crippen LogP contribution in [0.1, 0.15) is 49.4 Å². The first-order chi connectivity index (χ1) is 16.0. The maximum atomic E-state index is 12.5. The minimum absolute atomic E-state index is 0.0291. The number of nitrogens with one attached hydrogen (secondary N) is 1. The van der Waals surface area contributed by atoms with Gasteiger partial charge in [-0.1, -0.05) is 31.9 Å². The quantitative estimate of drug-likeness (QED) is 0.317. The molecule has 1 aliphatic heterocycles. The van der Waals surface area contributed by atoms with Gasteiger partial charge in [0.2, 0.25) is 5.91 Å². The fourth-order valence-electron chi connectivity index (χ4n) is 3.39. The van der Waals surface area contributed by atoms with E-state index in [1.54, 1.807) is 48.5 Å². The number of carbonyl (C=O) groups excluding carboxylic acids is 4. The van der Waals surface area contributed by atoms with Gasteiger partial charge < -0.3 is 14.8 Å². The van der Waals surface area contributed by atoms with Crippen LogP contribution in [0.2, 0.25) is 0 Å². The number of anilines is 2. The van der Waals surface area contributed by atoms with E-state index in [-0.39, 0.29) is 31.1 Å². The van der Waals surface area contributed by atoms with Crippen LogP contribution >= 0.6 is 0 Å². The molecule has 0 bridgehead atoms. The van der Waals surface area contributed by atoms with Gasteiger partial charge in [0.05, 0.1) is 24.4 Å². The number of esters is 1. The molecule has 1 aliphatic rings. The van der Waals surface area contributed by atoms with E-state index < -0.39 is 18.5 Å². The maximum absolute atomic E-state index is 12.5. The molecule has 0 fully saturated rings. The zero-order valence-electron chi connectivity index (χ0n) is 18.7. The molecule has 0 radical (unpaired) electrons. The number of hydrogen-bond donors (Lipinski definition) is 1. The van der Waals surface area contributed by atoms with Gasteiger partial charge in [-0.15, -0.1) is 0 Å². The van der Waals surface area contributed by atoms with E-state index in [4.69, 9.17) is 9.47 Å². The molecule has 0 saturated carbocycles. The number of hydrogen-bond acceptors (Lipinski definition) is 6. The van der Waals surface area contributed by atoms with E-state index in [2.05, 4.69) is 12.2 Å². The van der Waals surface area contributed by atoms with Crippen LogP contribution in [0, 0.1) is 0 Å². The van der Waals surface area contributed by atoms with Crippen molar-refractivity contribution in [1.29, 1.82) is 0 Å². The highest BCUT2D eigenvalue weighted by molar-refractivity contribution is 6.10. The van der Waals surface area contributed by atoms with Gasteiger partial charge in [0.1, 0.15) is 12.3 Å². The average Bonchev–Trinajstić information content (AvgIpc) is 2.83. The number of benzene rings is 2. The van der Waals surface area contributed by atoms with E-state index in [0.717, 1.165) is 19.3 Å². The van der Waals surface area contributed by atoms with Crippen molar-refractivity contribution in [2.24, 2.45) is 0 Å². The zero-order chi connectivity index (χ0) is 23.6. The van der Waals surface area contributed by atoms with Gasteiger partial charge in [-0.05, 0) is 42.8 Å². The SMILES string of the molecule is CCCCCOc1ccc(C(=O)CCC(=O)OCC(=O)N2CC(=O)Nc3ccccc32)cc1. The second-order valence-electron chi connectivity index (χ2n) is 7.71. The lowest BCUT2D eigenvalue weighted by atomic mass is 10.1. The van der Waals surface area contributed by atoms with Crippen LogP contribution in [-0.2, 0) is 19.1 Å². The number of carbonyl (C=O) groups is 4. The molecule has 0 unspecified atom stereocenters. The van der Waals surface area contributed by atoms with Crippen molar-refractivity contribution in [3.8, 4) is 5.75 Å². The number of para-hydroxylation sites is 2. The Morgan fingerprint density at radius 3 is 2.52 bits per heavy atom. The fourth-order valence-corrected chi connectivity index (χ4v) is 3.39. The van der Waals surface area contributed by atoms with Gasteiger partial charge in [0.25, 0.3) is 5.91 Å². The first kappa shape index (κ1) is 24.0. The number of Topliss-reactive ketones (excluding diaryl/α,β-unsaturated/α-hetero) is 1. The van der Waals surface area contributed by atoms with Gasteiger partial charge >= 0.3 is 5.97 Å². The Morgan fingerprint density at radius 1 is 1.00 bits per heavy atom. The van der Waals surface area contributed by atoms with Gasteiger partial charge in [0, 0.05) is 12.0 Å². The molecule has 1 heterocycles. The van der Waals surface area contributed by atoms with Gasteiger partial charge in [-0.25, -0.2) is 0 Å². The zero-order valence-corrected chi connectivity index (χ0v) is 18.7. The molecule has 2 aromatic carbocycles. The molecule has 0 aromatic heterocycles. The summed E-state index contributed by atoms with van der Waals surface area (Å²) in [5.41, 5.74) is 1.55. The summed E-state index contributed by atoms with van der Waals surface area (Å²) in [5, 5.41) is 2.69. The molecule has 2 aromatic rings. The Labute approximate surface area is 192 Å². The summed E-state index contributed by atoms with van der Waals surface area (Å²) in [6.07, 6.45) is 3.05. The third-order valence-corrected chi connectivity index (χ3v) is 5.18. The number of nitrogens with zero attached hydrogens (tertiary/aromatic N) is 1. The number of unbranched alkanes of at least 4 members (excludes halogenated alkanes) is 2. The molecule has 3 rings (SSSR count). The van der Waals surface area contributed by atoms with Crippen LogP contribution in [0.3, 0.4) is 0 Å². The maximum Gasteiger partial charge on any atom is 0.306 e. The summed E-state index contributed by atoms with van der Waals surface area (Å²) in [6, 6.07) is 13.7. The monoisotopic (exact) mass is 452 g/mol. The Bertz CT molecular complexity index is 1000. The fraction of sp³-hybridized carbons (Fsp3) is 0.360. The van der Waals surface area contributed by atoms with Crippen molar-refractivity contribution >= 4 is 34.9 Å². The number of fused-ring (bicyclic) bond motifs is 1. The van der Waals surface area contributed by atoms with Crippen molar-refractivity contribution < 1.29 is 28.7 Å². The normalized spacial score (nSPS) is 12.5. The number of ether oxygens (including phenoxy) is 2. The number of rotatable bonds is 11. The van der Waals surface area contributed by atoms with Crippen molar-refractivity contribution in [3.63, 3.8) is 0 Å². The van der Waals surface area contributed by atoms with Gasteiger partial charge in [-0.2, -0.15) is 0 Å². The molecule has 0 saturated heterocycles. The number of amides is 2. The molecular formula is C25H28N2O6. The molecule has 0 aliphatic carbocycles. The van der Waals surface area contributed by atoms with Crippen LogP contribution in [0.15, 0.2) is 48.5 Å². The molecule has 8 nitrogen and oxygen atoms in total. The molecule has 2 amide bonds. The van der Waals surface area contributed by atoms with Crippen LogP contribution in [-0.4, -0.2) is 43.3 Å². The van der Waals surface area contributed by atoms with Crippen molar-refractivity contribution in [3.05, 3.63) is 54.1 Å². The molecule has 174 valence electrons. The molecule has 33 heavy (non-hydrogen) atoms. The van der Waals surface area contributed by atoms with E-state index >= 15 is 0 Å². The third kappa shape index (κ3) is 6.90. The van der Waals surface area contributed by atoms with Gasteiger partial charge in [-0.3, -0.25) is 24.1 Å². The van der Waals surface area contributed by atoms with E-state index in [9.17, 15) is 19.2 Å². The summed E-state index contributed by atoms with van der Waals surface area (Å²) in [6.45, 7) is 2.12. The van der Waals surface area contributed by atoms with E-state index in [1.165, 1.54) is 4.90 Å². The minimum Gasteiger partial charge on any atom is -0.494 e. The second kappa shape index (κ2) is 11.8. The molecular weight excluding hydrogens is 424 g/mol. The Balaban J connectivity index is 1.43. The van der Waals surface area contributed by atoms with Crippen LogP contribution in [0.5, 0.6) is 5.75 Å². The lowest BCUT2D eigenvalue weighted by Gasteiger charge is -2.28. The smallest absolute Gasteiger partial charge is 0.306 e. The Hall–Kier alpha value is -3.68. The molecule has 0 atom stereocenters. The summed E-state index contributed by atoms with van der Waals surface area (Å²) >= 11 is 0. The molecule has 1 N–H and O–H groups in total. The van der Waals surface area contributed by atoms with Crippen molar-refractivity contribution in [2.75, 3.05) is 30.0 Å². The first-order valence-electron chi connectivity index (χ1n) is 11.1. The molecule has 8 heteroatoms. The van der Waals surface area contributed by atoms with Crippen LogP contribution in [0.4, 0.5) is 11.4 Å². The topological polar surface area (TPSA) is 102 Å². The minimum atomic E-state index is -0.651. The van der Waals surface area contributed by atoms with Gasteiger partial charge in [0.15, 0.2) is 12.4 Å². The largest absolute Gasteiger partial charge is 0.494 e. The lowest BCUT2D eigenvalue weighted by Crippen LogP contribution is -2.44. The summed E-state index contributed by atoms with van der Waals surface area (Å²) in [7, 11) is 0. The van der Waals surface area contributed by atoms with Crippen LogP contribution in [0.25, 0.3) is 0 Å². The van der Waals surface area contributed by atoms with Crippen molar-refractivity contribution in [1.82, 2.24) is 0 Å². The van der Waals surface area contributed by atoms with E-state index in [0.29, 0.717) is 29.3 Å². The summed E-state index contributed by atoms with van der Waals surface area (Å²) in [4.78, 5) is 50.0. The summed E-state index contributed by atoms with van der Waals surface area (Å²) in [5.74, 6) is -0.976. The highest BCUT2D eigenvalue weighted by Gasteiger charge is 2.27. The first-order valence-corrected chi connectivity index (χ1v) is 11.1. The predicted molar refractivity (Wildman–Crippen MR) is 123 cm³/mol. The number of ketones is 1. The van der Waals surface area contributed by atoms with Crippen LogP contribution < -0.4 is 15.0 Å². The second-order valence-corrected chi connectivity index (χ2v) is 7.71. The Morgan fingerprint density at radius 2 is 1.76 bits per heavy atom. The highest BCUT2D eigenvalue weighted by atomic mass is 16.5. The standard InChI is InChI=1S/C25H28N2O6/c1-2-3-6-15-32-19-11-9-18(10-12-19)22(28)13-14-25(31)33-17-24(30)27-16-23(29)26-20-7-4-5-8-21(20)27/h4-5,7-12H,2-3,6,13-17H2,1H3,(H,26,29). The highest BCUT2D eigenvalue weighted by Crippen LogP contribution is 2.28. The molecule has 0 spiro atoms. The summed E-state index contributed by atoms with van der Waals surface area (Å²) < 4.78 is 10.7. The van der Waals surface area contributed by atoms with Crippen molar-refractivity contribution in [2.45, 2.75) is 39.0 Å². The average molecular weight is 453 g/mol. The Kier molecular flexibility index (Phi) is 8.57. The van der Waals surface area contributed by atoms with E-state index in [1.807, 2.05) is 0 Å². The third-order valence-electron chi connectivity index (χ3n) is 5.18. The predicted octanol–water partition coefficient (Wildman–Crippen LogP) is 3.75.